The average Bonchev–Trinajstić information content (AvgIpc) is 2.58. The van der Waals surface area contributed by atoms with Gasteiger partial charge in [-0.1, -0.05) is 30.3 Å². The van der Waals surface area contributed by atoms with Crippen LogP contribution in [0.3, 0.4) is 0 Å². The molecule has 4 rings (SSSR count). The Morgan fingerprint density at radius 1 is 0.962 bits per heavy atom. The van der Waals surface area contributed by atoms with E-state index in [2.05, 4.69) is 0 Å². The summed E-state index contributed by atoms with van der Waals surface area (Å²) in [6.45, 7) is 3.99. The van der Waals surface area contributed by atoms with E-state index in [4.69, 9.17) is 10.7 Å². The Kier molecular flexibility index (Phi) is 3.62. The molecule has 4 nitrogen and oxygen atoms in total. The number of nitrogen functional groups attached to an aromatic ring is 1. The Bertz CT molecular complexity index is 1170. The number of anilines is 1. The second-order valence-corrected chi connectivity index (χ2v) is 6.54. The molecule has 0 saturated heterocycles. The lowest BCUT2D eigenvalue weighted by Crippen LogP contribution is -2.03. The molecule has 128 valence electrons. The molecule has 0 aliphatic heterocycles. The van der Waals surface area contributed by atoms with Crippen LogP contribution < -0.4 is 5.73 Å². The molecule has 0 aliphatic rings. The number of nitrogens with two attached hydrogens (primary N) is 1. The van der Waals surface area contributed by atoms with Crippen molar-refractivity contribution >= 4 is 33.5 Å². The number of hydrogen-bond donors (Lipinski definition) is 2. The van der Waals surface area contributed by atoms with Crippen molar-refractivity contribution in [2.24, 2.45) is 0 Å². The van der Waals surface area contributed by atoms with Crippen LogP contribution in [-0.2, 0) is 0 Å². The van der Waals surface area contributed by atoms with Crippen LogP contribution in [0.4, 0.5) is 5.69 Å². The molecular formula is C22H18N2O2. The van der Waals surface area contributed by atoms with E-state index in [0.717, 1.165) is 22.3 Å². The lowest BCUT2D eigenvalue weighted by Gasteiger charge is -2.16. The molecule has 26 heavy (non-hydrogen) atoms. The van der Waals surface area contributed by atoms with Gasteiger partial charge in [0.2, 0.25) is 0 Å². The normalized spacial score (nSPS) is 11.2. The van der Waals surface area contributed by atoms with Crippen LogP contribution in [0, 0.1) is 13.8 Å². The summed E-state index contributed by atoms with van der Waals surface area (Å²) < 4.78 is 0. The zero-order valence-corrected chi connectivity index (χ0v) is 14.6. The summed E-state index contributed by atoms with van der Waals surface area (Å²) in [4.78, 5) is 16.9. The quantitative estimate of drug-likeness (QED) is 0.399. The Labute approximate surface area is 150 Å². The van der Waals surface area contributed by atoms with E-state index in [0.29, 0.717) is 27.5 Å². The number of pyridine rings is 1. The molecule has 0 atom stereocenters. The highest BCUT2D eigenvalue weighted by atomic mass is 16.4. The highest BCUT2D eigenvalue weighted by molar-refractivity contribution is 6.17. The molecule has 3 aromatic carbocycles. The molecule has 0 spiro atoms. The van der Waals surface area contributed by atoms with E-state index in [1.807, 2.05) is 68.4 Å². The second-order valence-electron chi connectivity index (χ2n) is 6.54. The third-order valence-electron chi connectivity index (χ3n) is 4.74. The molecule has 4 aromatic rings. The minimum absolute atomic E-state index is 0.289. The summed E-state index contributed by atoms with van der Waals surface area (Å²) in [6.07, 6.45) is 0. The molecule has 1 aromatic heterocycles. The molecule has 0 fully saturated rings. The average molecular weight is 342 g/mol. The van der Waals surface area contributed by atoms with Gasteiger partial charge in [0.1, 0.15) is 0 Å². The third-order valence-corrected chi connectivity index (χ3v) is 4.74. The van der Waals surface area contributed by atoms with E-state index in [-0.39, 0.29) is 5.56 Å². The SMILES string of the molecule is Cc1cc(N)cc(C)c1-c1cccc2nc3ccccc3c(C(=O)O)c12. The highest BCUT2D eigenvalue weighted by Gasteiger charge is 2.20. The van der Waals surface area contributed by atoms with Gasteiger partial charge in [-0.2, -0.15) is 0 Å². The van der Waals surface area contributed by atoms with Gasteiger partial charge in [0.05, 0.1) is 16.6 Å². The number of benzene rings is 3. The van der Waals surface area contributed by atoms with Crippen molar-refractivity contribution in [1.82, 2.24) is 4.98 Å². The minimum Gasteiger partial charge on any atom is -0.478 e. The van der Waals surface area contributed by atoms with Crippen LogP contribution in [0.2, 0.25) is 0 Å². The summed E-state index contributed by atoms with van der Waals surface area (Å²) >= 11 is 0. The van der Waals surface area contributed by atoms with Crippen LogP contribution >= 0.6 is 0 Å². The van der Waals surface area contributed by atoms with Crippen molar-refractivity contribution < 1.29 is 9.90 Å². The van der Waals surface area contributed by atoms with Crippen LogP contribution in [0.5, 0.6) is 0 Å². The van der Waals surface area contributed by atoms with Gasteiger partial charge in [0.15, 0.2) is 0 Å². The molecular weight excluding hydrogens is 324 g/mol. The molecule has 3 N–H and O–H groups in total. The first-order valence-corrected chi connectivity index (χ1v) is 8.39. The molecule has 1 heterocycles. The maximum atomic E-state index is 12.2. The number of nitrogens with zero attached hydrogens (tertiary/aromatic N) is 1. The number of aryl methyl sites for hydroxylation is 2. The van der Waals surface area contributed by atoms with Gasteiger partial charge in [-0.25, -0.2) is 9.78 Å². The first kappa shape index (κ1) is 16.1. The zero-order valence-electron chi connectivity index (χ0n) is 14.6. The van der Waals surface area contributed by atoms with Crippen LogP contribution in [-0.4, -0.2) is 16.1 Å². The van der Waals surface area contributed by atoms with Gasteiger partial charge in [-0.15, -0.1) is 0 Å². The van der Waals surface area contributed by atoms with E-state index in [1.165, 1.54) is 0 Å². The first-order chi connectivity index (χ1) is 12.5. The standard InChI is InChI=1S/C22H18N2O2/c1-12-10-14(23)11-13(2)19(12)16-7-5-9-18-20(16)21(22(25)26)15-6-3-4-8-17(15)24-18/h3-11H,23H2,1-2H3,(H,25,26). The molecule has 4 heteroatoms. The molecule has 0 bridgehead atoms. The Hall–Kier alpha value is -3.40. The maximum Gasteiger partial charge on any atom is 0.337 e. The number of hydrogen-bond acceptors (Lipinski definition) is 3. The minimum atomic E-state index is -0.952. The van der Waals surface area contributed by atoms with Crippen molar-refractivity contribution in [2.75, 3.05) is 5.73 Å². The Morgan fingerprint density at radius 3 is 2.31 bits per heavy atom. The summed E-state index contributed by atoms with van der Waals surface area (Å²) in [6, 6.07) is 16.9. The highest BCUT2D eigenvalue weighted by Crippen LogP contribution is 2.37. The van der Waals surface area contributed by atoms with Crippen molar-refractivity contribution in [3.8, 4) is 11.1 Å². The fraction of sp³-hybridized carbons (Fsp3) is 0.0909. The van der Waals surface area contributed by atoms with Gasteiger partial charge in [0, 0.05) is 16.5 Å². The fourth-order valence-corrected chi connectivity index (χ4v) is 3.80. The summed E-state index contributed by atoms with van der Waals surface area (Å²) in [7, 11) is 0. The molecule has 0 unspecified atom stereocenters. The predicted molar refractivity (Wildman–Crippen MR) is 106 cm³/mol. The number of aromatic carboxylic acids is 1. The van der Waals surface area contributed by atoms with Gasteiger partial charge in [-0.3, -0.25) is 0 Å². The summed E-state index contributed by atoms with van der Waals surface area (Å²) in [5, 5.41) is 11.3. The van der Waals surface area contributed by atoms with Crippen LogP contribution in [0.15, 0.2) is 54.6 Å². The maximum absolute atomic E-state index is 12.2. The van der Waals surface area contributed by atoms with E-state index >= 15 is 0 Å². The number of fused-ring (bicyclic) bond motifs is 2. The predicted octanol–water partition coefficient (Wildman–Crippen LogP) is 4.95. The number of rotatable bonds is 2. The van der Waals surface area contributed by atoms with Crippen molar-refractivity contribution in [3.63, 3.8) is 0 Å². The van der Waals surface area contributed by atoms with E-state index in [9.17, 15) is 9.90 Å². The van der Waals surface area contributed by atoms with Crippen LogP contribution in [0.1, 0.15) is 21.5 Å². The first-order valence-electron chi connectivity index (χ1n) is 8.39. The number of aromatic nitrogens is 1. The van der Waals surface area contributed by atoms with Crippen LogP contribution in [0.25, 0.3) is 32.9 Å². The van der Waals surface area contributed by atoms with Gasteiger partial charge in [-0.05, 0) is 60.4 Å². The number of carboxylic acids is 1. The van der Waals surface area contributed by atoms with Gasteiger partial charge in [0.25, 0.3) is 0 Å². The molecule has 0 radical (unpaired) electrons. The smallest absolute Gasteiger partial charge is 0.337 e. The number of carboxylic acid groups (broad SMARTS) is 1. The van der Waals surface area contributed by atoms with E-state index < -0.39 is 5.97 Å². The monoisotopic (exact) mass is 342 g/mol. The largest absolute Gasteiger partial charge is 0.478 e. The Balaban J connectivity index is 2.23. The lowest BCUT2D eigenvalue weighted by molar-refractivity contribution is 0.0701. The fourth-order valence-electron chi connectivity index (χ4n) is 3.80. The van der Waals surface area contributed by atoms with Gasteiger partial charge < -0.3 is 10.8 Å². The van der Waals surface area contributed by atoms with E-state index in [1.54, 1.807) is 0 Å². The zero-order chi connectivity index (χ0) is 18.4. The van der Waals surface area contributed by atoms with Crippen molar-refractivity contribution in [1.29, 1.82) is 0 Å². The molecule has 0 aliphatic carbocycles. The summed E-state index contributed by atoms with van der Waals surface area (Å²) in [5.74, 6) is -0.952. The molecule has 0 amide bonds. The topological polar surface area (TPSA) is 76.2 Å². The van der Waals surface area contributed by atoms with Crippen molar-refractivity contribution in [2.45, 2.75) is 13.8 Å². The lowest BCUT2D eigenvalue weighted by atomic mass is 9.89. The molecule has 0 saturated carbocycles. The summed E-state index contributed by atoms with van der Waals surface area (Å²) in [5.41, 5.74) is 12.2. The Morgan fingerprint density at radius 2 is 1.62 bits per heavy atom. The van der Waals surface area contributed by atoms with Gasteiger partial charge >= 0.3 is 5.97 Å². The second kappa shape index (κ2) is 5.85. The van der Waals surface area contributed by atoms with Crippen molar-refractivity contribution in [3.05, 3.63) is 71.3 Å². The third kappa shape index (κ3) is 2.39. The number of para-hydroxylation sites is 1. The number of carbonyl (C=O) groups is 1.